The molecule has 1 aromatic rings. The lowest BCUT2D eigenvalue weighted by molar-refractivity contribution is 0.259. The fourth-order valence-corrected chi connectivity index (χ4v) is 2.16. The summed E-state index contributed by atoms with van der Waals surface area (Å²) in [5.41, 5.74) is 6.84. The van der Waals surface area contributed by atoms with Gasteiger partial charge in [0, 0.05) is 17.9 Å². The van der Waals surface area contributed by atoms with Crippen molar-refractivity contribution in [1.29, 1.82) is 0 Å². The van der Waals surface area contributed by atoms with Crippen LogP contribution >= 0.6 is 0 Å². The van der Waals surface area contributed by atoms with Gasteiger partial charge in [-0.05, 0) is 56.1 Å². The summed E-state index contributed by atoms with van der Waals surface area (Å²) < 4.78 is 0. The Kier molecular flexibility index (Phi) is 4.41. The van der Waals surface area contributed by atoms with Crippen LogP contribution in [0.1, 0.15) is 12.8 Å². The molecule has 0 aromatic heterocycles. The van der Waals surface area contributed by atoms with Crippen molar-refractivity contribution in [3.63, 3.8) is 0 Å². The number of anilines is 2. The molecule has 0 unspecified atom stereocenters. The Balaban J connectivity index is 1.80. The Bertz CT molecular complexity index is 384. The van der Waals surface area contributed by atoms with Crippen molar-refractivity contribution in [3.05, 3.63) is 24.3 Å². The molecule has 1 aliphatic rings. The van der Waals surface area contributed by atoms with Crippen molar-refractivity contribution in [2.24, 2.45) is 11.7 Å². The van der Waals surface area contributed by atoms with E-state index in [0.717, 1.165) is 36.9 Å². The van der Waals surface area contributed by atoms with Crippen molar-refractivity contribution >= 4 is 17.4 Å². The van der Waals surface area contributed by atoms with Crippen LogP contribution < -0.4 is 21.7 Å². The number of carbonyl (C=O) groups excluding carboxylic acids is 1. The maximum atomic E-state index is 10.7. The average Bonchev–Trinajstić information content (AvgIpc) is 2.38. The van der Waals surface area contributed by atoms with E-state index < -0.39 is 6.03 Å². The minimum Gasteiger partial charge on any atom is -0.385 e. The first-order valence-electron chi connectivity index (χ1n) is 6.35. The van der Waals surface area contributed by atoms with Gasteiger partial charge in [-0.25, -0.2) is 4.79 Å². The van der Waals surface area contributed by atoms with Gasteiger partial charge >= 0.3 is 6.03 Å². The highest BCUT2D eigenvalue weighted by Crippen LogP contribution is 2.16. The van der Waals surface area contributed by atoms with Gasteiger partial charge in [-0.1, -0.05) is 0 Å². The van der Waals surface area contributed by atoms with E-state index in [1.807, 2.05) is 24.3 Å². The van der Waals surface area contributed by atoms with Crippen LogP contribution in [0.5, 0.6) is 0 Å². The van der Waals surface area contributed by atoms with Gasteiger partial charge in [0.05, 0.1) is 0 Å². The second kappa shape index (κ2) is 6.26. The first-order valence-corrected chi connectivity index (χ1v) is 6.35. The SMILES string of the molecule is NC(=O)Nc1ccc(NCC2CCNCC2)cc1. The van der Waals surface area contributed by atoms with E-state index in [4.69, 9.17) is 5.73 Å². The molecule has 98 valence electrons. The van der Waals surface area contributed by atoms with Crippen LogP contribution in [-0.4, -0.2) is 25.7 Å². The van der Waals surface area contributed by atoms with Crippen LogP contribution in [0.15, 0.2) is 24.3 Å². The predicted octanol–water partition coefficient (Wildman–Crippen LogP) is 1.59. The molecule has 0 bridgehead atoms. The maximum Gasteiger partial charge on any atom is 0.316 e. The Hall–Kier alpha value is -1.75. The zero-order valence-electron chi connectivity index (χ0n) is 10.4. The normalized spacial score (nSPS) is 16.2. The van der Waals surface area contributed by atoms with Crippen LogP contribution in [0.2, 0.25) is 0 Å². The number of nitrogens with two attached hydrogens (primary N) is 1. The van der Waals surface area contributed by atoms with E-state index >= 15 is 0 Å². The molecule has 0 radical (unpaired) electrons. The van der Waals surface area contributed by atoms with E-state index in [2.05, 4.69) is 16.0 Å². The van der Waals surface area contributed by atoms with Gasteiger partial charge in [-0.15, -0.1) is 0 Å². The number of carbonyl (C=O) groups is 1. The Morgan fingerprint density at radius 3 is 2.44 bits per heavy atom. The number of nitrogens with one attached hydrogen (secondary N) is 3. The number of primary amides is 1. The van der Waals surface area contributed by atoms with Crippen LogP contribution in [0.3, 0.4) is 0 Å². The third kappa shape index (κ3) is 3.92. The molecule has 0 aliphatic carbocycles. The monoisotopic (exact) mass is 248 g/mol. The molecular formula is C13H20N4O. The van der Waals surface area contributed by atoms with Gasteiger partial charge in [-0.3, -0.25) is 0 Å². The number of hydrogen-bond donors (Lipinski definition) is 4. The number of rotatable bonds is 4. The first-order chi connectivity index (χ1) is 8.74. The maximum absolute atomic E-state index is 10.7. The molecule has 18 heavy (non-hydrogen) atoms. The smallest absolute Gasteiger partial charge is 0.316 e. The summed E-state index contributed by atoms with van der Waals surface area (Å²) in [5.74, 6) is 0.745. The number of benzene rings is 1. The zero-order valence-corrected chi connectivity index (χ0v) is 10.4. The molecule has 0 saturated carbocycles. The average molecular weight is 248 g/mol. The van der Waals surface area contributed by atoms with Crippen LogP contribution in [0, 0.1) is 5.92 Å². The molecule has 1 fully saturated rings. The van der Waals surface area contributed by atoms with Crippen molar-refractivity contribution in [3.8, 4) is 0 Å². The summed E-state index contributed by atoms with van der Waals surface area (Å²) in [7, 11) is 0. The minimum absolute atomic E-state index is 0.537. The van der Waals surface area contributed by atoms with E-state index in [-0.39, 0.29) is 0 Å². The first kappa shape index (κ1) is 12.7. The lowest BCUT2D eigenvalue weighted by Crippen LogP contribution is -2.31. The van der Waals surface area contributed by atoms with Crippen molar-refractivity contribution < 1.29 is 4.79 Å². The van der Waals surface area contributed by atoms with Gasteiger partial charge in [0.2, 0.25) is 0 Å². The van der Waals surface area contributed by atoms with E-state index in [1.54, 1.807) is 0 Å². The molecule has 1 saturated heterocycles. The molecule has 2 amide bonds. The molecule has 5 nitrogen and oxygen atoms in total. The highest BCUT2D eigenvalue weighted by Gasteiger charge is 2.12. The Morgan fingerprint density at radius 1 is 1.22 bits per heavy atom. The molecule has 5 heteroatoms. The Morgan fingerprint density at radius 2 is 1.83 bits per heavy atom. The minimum atomic E-state index is -0.537. The summed E-state index contributed by atoms with van der Waals surface area (Å²) in [4.78, 5) is 10.7. The van der Waals surface area contributed by atoms with Crippen LogP contribution in [0.4, 0.5) is 16.2 Å². The molecule has 5 N–H and O–H groups in total. The van der Waals surface area contributed by atoms with E-state index in [0.29, 0.717) is 0 Å². The molecule has 1 heterocycles. The zero-order chi connectivity index (χ0) is 12.8. The fourth-order valence-electron chi connectivity index (χ4n) is 2.16. The lowest BCUT2D eigenvalue weighted by Gasteiger charge is -2.23. The van der Waals surface area contributed by atoms with Gasteiger partial charge in [-0.2, -0.15) is 0 Å². The quantitative estimate of drug-likeness (QED) is 0.653. The Labute approximate surface area is 107 Å². The van der Waals surface area contributed by atoms with E-state index in [1.165, 1.54) is 12.8 Å². The second-order valence-electron chi connectivity index (χ2n) is 4.64. The predicted molar refractivity (Wildman–Crippen MR) is 73.7 cm³/mol. The number of hydrogen-bond acceptors (Lipinski definition) is 3. The standard InChI is InChI=1S/C13H20N4O/c14-13(18)17-12-3-1-11(2-4-12)16-9-10-5-7-15-8-6-10/h1-4,10,15-16H,5-9H2,(H3,14,17,18). The number of amides is 2. The fraction of sp³-hybridized carbons (Fsp3) is 0.462. The molecule has 1 aromatic carbocycles. The van der Waals surface area contributed by atoms with Crippen LogP contribution in [0.25, 0.3) is 0 Å². The molecule has 2 rings (SSSR count). The lowest BCUT2D eigenvalue weighted by atomic mass is 9.98. The third-order valence-electron chi connectivity index (χ3n) is 3.21. The number of urea groups is 1. The number of piperidine rings is 1. The molecule has 0 atom stereocenters. The summed E-state index contributed by atoms with van der Waals surface area (Å²) in [5, 5.41) is 9.32. The highest BCUT2D eigenvalue weighted by molar-refractivity contribution is 5.87. The van der Waals surface area contributed by atoms with E-state index in [9.17, 15) is 4.79 Å². The summed E-state index contributed by atoms with van der Waals surface area (Å²) in [6.07, 6.45) is 2.46. The molecular weight excluding hydrogens is 228 g/mol. The summed E-state index contributed by atoms with van der Waals surface area (Å²) >= 11 is 0. The van der Waals surface area contributed by atoms with Gasteiger partial charge < -0.3 is 21.7 Å². The van der Waals surface area contributed by atoms with Crippen molar-refractivity contribution in [2.45, 2.75) is 12.8 Å². The molecule has 1 aliphatic heterocycles. The van der Waals surface area contributed by atoms with Crippen LogP contribution in [-0.2, 0) is 0 Å². The highest BCUT2D eigenvalue weighted by atomic mass is 16.2. The van der Waals surface area contributed by atoms with Crippen molar-refractivity contribution in [1.82, 2.24) is 5.32 Å². The third-order valence-corrected chi connectivity index (χ3v) is 3.21. The molecule has 0 spiro atoms. The van der Waals surface area contributed by atoms with Gasteiger partial charge in [0.15, 0.2) is 0 Å². The second-order valence-corrected chi connectivity index (χ2v) is 4.64. The summed E-state index contributed by atoms with van der Waals surface area (Å²) in [6.45, 7) is 3.24. The van der Waals surface area contributed by atoms with Crippen molar-refractivity contribution in [2.75, 3.05) is 30.3 Å². The topological polar surface area (TPSA) is 79.2 Å². The van der Waals surface area contributed by atoms with Gasteiger partial charge in [0.25, 0.3) is 0 Å². The largest absolute Gasteiger partial charge is 0.385 e. The van der Waals surface area contributed by atoms with Gasteiger partial charge in [0.1, 0.15) is 0 Å². The summed E-state index contributed by atoms with van der Waals surface area (Å²) in [6, 6.07) is 7.05.